The summed E-state index contributed by atoms with van der Waals surface area (Å²) in [5.41, 5.74) is -0.405. The average molecular weight is 242 g/mol. The molecule has 0 aromatic heterocycles. The van der Waals surface area contributed by atoms with Crippen molar-refractivity contribution in [1.82, 2.24) is 10.6 Å². The summed E-state index contributed by atoms with van der Waals surface area (Å²) in [6.45, 7) is 5.29. The predicted octanol–water partition coefficient (Wildman–Crippen LogP) is 0.746. The topological polar surface area (TPSA) is 78.4 Å². The van der Waals surface area contributed by atoms with Gasteiger partial charge in [0, 0.05) is 6.54 Å². The number of carbonyl (C=O) groups is 2. The molecule has 0 aliphatic carbocycles. The van der Waals surface area contributed by atoms with Crippen LogP contribution in [-0.2, 0) is 9.59 Å². The lowest BCUT2D eigenvalue weighted by molar-refractivity contribution is -0.143. The molecule has 3 N–H and O–H groups in total. The zero-order valence-corrected chi connectivity index (χ0v) is 10.6. The number of nitrogens with one attached hydrogen (secondary N) is 2. The predicted molar refractivity (Wildman–Crippen MR) is 64.7 cm³/mol. The van der Waals surface area contributed by atoms with Crippen LogP contribution < -0.4 is 10.6 Å². The van der Waals surface area contributed by atoms with E-state index >= 15 is 0 Å². The van der Waals surface area contributed by atoms with Crippen molar-refractivity contribution in [3.63, 3.8) is 0 Å². The first kappa shape index (κ1) is 14.0. The van der Waals surface area contributed by atoms with E-state index in [-0.39, 0.29) is 5.91 Å². The number of aliphatic carboxylic acids is 1. The monoisotopic (exact) mass is 242 g/mol. The van der Waals surface area contributed by atoms with Gasteiger partial charge in [0.25, 0.3) is 0 Å². The summed E-state index contributed by atoms with van der Waals surface area (Å²) in [4.78, 5) is 23.1. The standard InChI is InChI=1S/C12H22N2O3/c1-3-5-12(6-7-13-8-12)11(17)14-9(4-2)10(15)16/h9,13H,3-8H2,1-2H3,(H,14,17)(H,15,16)/t9-,12?/m0/s1. The lowest BCUT2D eigenvalue weighted by atomic mass is 9.81. The van der Waals surface area contributed by atoms with Crippen LogP contribution in [0.3, 0.4) is 0 Å². The summed E-state index contributed by atoms with van der Waals surface area (Å²) in [7, 11) is 0. The lowest BCUT2D eigenvalue weighted by Crippen LogP contribution is -2.49. The fourth-order valence-corrected chi connectivity index (χ4v) is 2.39. The van der Waals surface area contributed by atoms with Gasteiger partial charge in [0.05, 0.1) is 5.41 Å². The van der Waals surface area contributed by atoms with Gasteiger partial charge in [0.2, 0.25) is 5.91 Å². The molecule has 1 heterocycles. The first-order valence-corrected chi connectivity index (χ1v) is 6.30. The van der Waals surface area contributed by atoms with E-state index in [0.29, 0.717) is 13.0 Å². The van der Waals surface area contributed by atoms with Crippen LogP contribution in [0.15, 0.2) is 0 Å². The summed E-state index contributed by atoms with van der Waals surface area (Å²) in [5.74, 6) is -1.07. The Labute approximate surface area is 102 Å². The molecule has 5 nitrogen and oxygen atoms in total. The van der Waals surface area contributed by atoms with Gasteiger partial charge in [-0.2, -0.15) is 0 Å². The van der Waals surface area contributed by atoms with Crippen LogP contribution in [0.25, 0.3) is 0 Å². The van der Waals surface area contributed by atoms with Gasteiger partial charge in [0.15, 0.2) is 0 Å². The van der Waals surface area contributed by atoms with E-state index < -0.39 is 17.4 Å². The van der Waals surface area contributed by atoms with E-state index in [9.17, 15) is 9.59 Å². The Morgan fingerprint density at radius 1 is 1.47 bits per heavy atom. The minimum Gasteiger partial charge on any atom is -0.480 e. The van der Waals surface area contributed by atoms with E-state index in [1.54, 1.807) is 6.92 Å². The normalized spacial score (nSPS) is 25.5. The molecule has 1 rings (SSSR count). The van der Waals surface area contributed by atoms with Gasteiger partial charge in [-0.05, 0) is 25.8 Å². The van der Waals surface area contributed by atoms with Crippen molar-refractivity contribution in [3.05, 3.63) is 0 Å². The fourth-order valence-electron chi connectivity index (χ4n) is 2.39. The number of rotatable bonds is 6. The van der Waals surface area contributed by atoms with Crippen LogP contribution in [0, 0.1) is 5.41 Å². The Morgan fingerprint density at radius 2 is 2.18 bits per heavy atom. The van der Waals surface area contributed by atoms with Crippen LogP contribution in [-0.4, -0.2) is 36.1 Å². The highest BCUT2D eigenvalue weighted by Crippen LogP contribution is 2.31. The highest BCUT2D eigenvalue weighted by Gasteiger charge is 2.41. The first-order chi connectivity index (χ1) is 8.05. The minimum absolute atomic E-state index is 0.112. The quantitative estimate of drug-likeness (QED) is 0.642. The van der Waals surface area contributed by atoms with Crippen molar-refractivity contribution >= 4 is 11.9 Å². The molecule has 0 radical (unpaired) electrons. The Balaban J connectivity index is 2.68. The van der Waals surface area contributed by atoms with Crippen molar-refractivity contribution < 1.29 is 14.7 Å². The molecule has 0 aromatic rings. The molecule has 5 heteroatoms. The second kappa shape index (κ2) is 6.00. The fraction of sp³-hybridized carbons (Fsp3) is 0.833. The van der Waals surface area contributed by atoms with Gasteiger partial charge in [-0.1, -0.05) is 20.3 Å². The van der Waals surface area contributed by atoms with Gasteiger partial charge in [-0.3, -0.25) is 4.79 Å². The van der Waals surface area contributed by atoms with Crippen molar-refractivity contribution in [2.45, 2.75) is 45.6 Å². The Hall–Kier alpha value is -1.10. The molecule has 0 aromatic carbocycles. The molecule has 1 fully saturated rings. The van der Waals surface area contributed by atoms with Crippen LogP contribution in [0.4, 0.5) is 0 Å². The van der Waals surface area contributed by atoms with Gasteiger partial charge in [-0.25, -0.2) is 4.79 Å². The summed E-state index contributed by atoms with van der Waals surface area (Å²) in [6, 6.07) is -0.767. The Morgan fingerprint density at radius 3 is 2.59 bits per heavy atom. The van der Waals surface area contributed by atoms with Crippen molar-refractivity contribution in [2.24, 2.45) is 5.41 Å². The number of carbonyl (C=O) groups excluding carboxylic acids is 1. The van der Waals surface area contributed by atoms with E-state index in [0.717, 1.165) is 25.8 Å². The molecular weight excluding hydrogens is 220 g/mol. The molecule has 1 aliphatic rings. The zero-order valence-electron chi connectivity index (χ0n) is 10.6. The summed E-state index contributed by atoms with van der Waals surface area (Å²) in [6.07, 6.45) is 2.94. The second-order valence-corrected chi connectivity index (χ2v) is 4.73. The summed E-state index contributed by atoms with van der Waals surface area (Å²) < 4.78 is 0. The van der Waals surface area contributed by atoms with Gasteiger partial charge < -0.3 is 15.7 Å². The first-order valence-electron chi connectivity index (χ1n) is 6.30. The van der Waals surface area contributed by atoms with Crippen molar-refractivity contribution in [2.75, 3.05) is 13.1 Å². The van der Waals surface area contributed by atoms with Crippen molar-refractivity contribution in [1.29, 1.82) is 0 Å². The van der Waals surface area contributed by atoms with Crippen LogP contribution in [0.1, 0.15) is 39.5 Å². The van der Waals surface area contributed by atoms with E-state index in [2.05, 4.69) is 10.6 Å². The molecule has 1 saturated heterocycles. The van der Waals surface area contributed by atoms with E-state index in [1.165, 1.54) is 0 Å². The lowest BCUT2D eigenvalue weighted by Gasteiger charge is -2.28. The third-order valence-electron chi connectivity index (χ3n) is 3.47. The molecule has 0 bridgehead atoms. The molecular formula is C12H22N2O3. The number of carboxylic acid groups (broad SMARTS) is 1. The van der Waals surface area contributed by atoms with E-state index in [1.807, 2.05) is 6.92 Å². The largest absolute Gasteiger partial charge is 0.480 e. The van der Waals surface area contributed by atoms with Crippen molar-refractivity contribution in [3.8, 4) is 0 Å². The van der Waals surface area contributed by atoms with Gasteiger partial charge in [-0.15, -0.1) is 0 Å². The minimum atomic E-state index is -0.960. The highest BCUT2D eigenvalue weighted by atomic mass is 16.4. The number of carboxylic acids is 1. The maximum absolute atomic E-state index is 12.2. The third kappa shape index (κ3) is 3.19. The number of hydrogen-bond donors (Lipinski definition) is 3. The molecule has 1 aliphatic heterocycles. The number of amides is 1. The molecule has 2 atom stereocenters. The smallest absolute Gasteiger partial charge is 0.326 e. The highest BCUT2D eigenvalue weighted by molar-refractivity contribution is 5.87. The van der Waals surface area contributed by atoms with Gasteiger partial charge >= 0.3 is 5.97 Å². The van der Waals surface area contributed by atoms with E-state index in [4.69, 9.17) is 5.11 Å². The maximum Gasteiger partial charge on any atom is 0.326 e. The Bertz CT molecular complexity index is 285. The molecule has 98 valence electrons. The molecule has 1 amide bonds. The zero-order chi connectivity index (χ0) is 12.9. The summed E-state index contributed by atoms with van der Waals surface area (Å²) in [5, 5.41) is 14.8. The SMILES string of the molecule is CCCC1(C(=O)N[C@@H](CC)C(=O)O)CCNC1. The molecule has 0 spiro atoms. The molecule has 17 heavy (non-hydrogen) atoms. The van der Waals surface area contributed by atoms with Crippen LogP contribution in [0.2, 0.25) is 0 Å². The van der Waals surface area contributed by atoms with Crippen LogP contribution >= 0.6 is 0 Å². The number of hydrogen-bond acceptors (Lipinski definition) is 3. The molecule has 1 unspecified atom stereocenters. The maximum atomic E-state index is 12.2. The third-order valence-corrected chi connectivity index (χ3v) is 3.47. The molecule has 0 saturated carbocycles. The van der Waals surface area contributed by atoms with Crippen LogP contribution in [0.5, 0.6) is 0 Å². The second-order valence-electron chi connectivity index (χ2n) is 4.73. The van der Waals surface area contributed by atoms with Gasteiger partial charge in [0.1, 0.15) is 6.04 Å². The average Bonchev–Trinajstić information content (AvgIpc) is 2.75. The Kier molecular flexibility index (Phi) is 4.93. The summed E-state index contributed by atoms with van der Waals surface area (Å²) >= 11 is 0.